The second-order valence-corrected chi connectivity index (χ2v) is 6.48. The molecule has 1 aromatic heterocycles. The van der Waals surface area contributed by atoms with E-state index < -0.39 is 0 Å². The highest BCUT2D eigenvalue weighted by molar-refractivity contribution is 5.80. The van der Waals surface area contributed by atoms with Gasteiger partial charge in [-0.15, -0.1) is 0 Å². The number of piperazine rings is 1. The summed E-state index contributed by atoms with van der Waals surface area (Å²) < 4.78 is 1.94. The molecule has 0 radical (unpaired) electrons. The van der Waals surface area contributed by atoms with E-state index in [9.17, 15) is 0 Å². The standard InChI is InChI=1S/C19H28N6/c1-15-18(16(2)23(4)22-15)14-21-19(20-3)25-12-10-24(11-13-25)17-8-6-5-7-9-17/h5-9H,10-14H2,1-4H3,(H,20,21). The molecule has 0 spiro atoms. The molecule has 1 saturated heterocycles. The van der Waals surface area contributed by atoms with E-state index in [0.717, 1.165) is 44.4 Å². The molecule has 1 aliphatic rings. The predicted octanol–water partition coefficient (Wildman–Crippen LogP) is 1.93. The van der Waals surface area contributed by atoms with Crippen LogP contribution in [0.3, 0.4) is 0 Å². The number of aliphatic imine (C=N–C) groups is 1. The summed E-state index contributed by atoms with van der Waals surface area (Å²) in [5, 5.41) is 8.00. The molecule has 1 aromatic carbocycles. The van der Waals surface area contributed by atoms with Crippen molar-refractivity contribution in [3.05, 3.63) is 47.3 Å². The van der Waals surface area contributed by atoms with Crippen LogP contribution in [0.4, 0.5) is 5.69 Å². The third-order valence-electron chi connectivity index (χ3n) is 4.99. The Morgan fingerprint density at radius 1 is 1.12 bits per heavy atom. The van der Waals surface area contributed by atoms with Gasteiger partial charge in [0.25, 0.3) is 0 Å². The Balaban J connectivity index is 1.58. The van der Waals surface area contributed by atoms with Gasteiger partial charge >= 0.3 is 0 Å². The van der Waals surface area contributed by atoms with E-state index in [0.29, 0.717) is 0 Å². The maximum atomic E-state index is 4.49. The van der Waals surface area contributed by atoms with Crippen LogP contribution in [0.2, 0.25) is 0 Å². The molecule has 134 valence electrons. The van der Waals surface area contributed by atoms with E-state index in [1.807, 2.05) is 18.8 Å². The van der Waals surface area contributed by atoms with Crippen LogP contribution in [0, 0.1) is 13.8 Å². The molecule has 1 N–H and O–H groups in total. The second kappa shape index (κ2) is 7.59. The highest BCUT2D eigenvalue weighted by Crippen LogP contribution is 2.16. The highest BCUT2D eigenvalue weighted by Gasteiger charge is 2.20. The van der Waals surface area contributed by atoms with Gasteiger partial charge in [-0.1, -0.05) is 18.2 Å². The normalized spacial score (nSPS) is 15.6. The van der Waals surface area contributed by atoms with Crippen molar-refractivity contribution in [3.63, 3.8) is 0 Å². The van der Waals surface area contributed by atoms with Crippen LogP contribution >= 0.6 is 0 Å². The molecular weight excluding hydrogens is 312 g/mol. The zero-order valence-electron chi connectivity index (χ0n) is 15.7. The first-order valence-corrected chi connectivity index (χ1v) is 8.85. The Labute approximate surface area is 150 Å². The molecule has 0 bridgehead atoms. The molecule has 0 atom stereocenters. The van der Waals surface area contributed by atoms with Gasteiger partial charge in [-0.2, -0.15) is 5.10 Å². The zero-order valence-corrected chi connectivity index (χ0v) is 15.7. The third kappa shape index (κ3) is 3.78. The van der Waals surface area contributed by atoms with Gasteiger partial charge in [0.2, 0.25) is 0 Å². The number of rotatable bonds is 3. The minimum Gasteiger partial charge on any atom is -0.368 e. The lowest BCUT2D eigenvalue weighted by molar-refractivity contribution is 0.372. The summed E-state index contributed by atoms with van der Waals surface area (Å²) in [6, 6.07) is 10.6. The van der Waals surface area contributed by atoms with Crippen molar-refractivity contribution in [2.45, 2.75) is 20.4 Å². The largest absolute Gasteiger partial charge is 0.368 e. The Bertz CT molecular complexity index is 726. The Morgan fingerprint density at radius 3 is 2.36 bits per heavy atom. The summed E-state index contributed by atoms with van der Waals surface area (Å²) in [7, 11) is 3.85. The van der Waals surface area contributed by atoms with Crippen molar-refractivity contribution in [2.75, 3.05) is 38.1 Å². The SMILES string of the molecule is CN=C(NCc1c(C)nn(C)c1C)N1CCN(c2ccccc2)CC1. The lowest BCUT2D eigenvalue weighted by atomic mass is 10.2. The maximum absolute atomic E-state index is 4.49. The van der Waals surface area contributed by atoms with Crippen LogP contribution in [0.1, 0.15) is 17.0 Å². The molecule has 6 nitrogen and oxygen atoms in total. The van der Waals surface area contributed by atoms with E-state index in [2.05, 4.69) is 69.4 Å². The van der Waals surface area contributed by atoms with Crippen LogP contribution in [0.25, 0.3) is 0 Å². The fourth-order valence-electron chi connectivity index (χ4n) is 3.39. The molecule has 0 saturated carbocycles. The second-order valence-electron chi connectivity index (χ2n) is 6.48. The molecule has 0 aliphatic carbocycles. The lowest BCUT2D eigenvalue weighted by Crippen LogP contribution is -2.52. The number of aryl methyl sites for hydroxylation is 2. The maximum Gasteiger partial charge on any atom is 0.194 e. The van der Waals surface area contributed by atoms with Gasteiger partial charge in [0.05, 0.1) is 5.69 Å². The Kier molecular flexibility index (Phi) is 5.26. The van der Waals surface area contributed by atoms with Gasteiger partial charge in [-0.05, 0) is 26.0 Å². The summed E-state index contributed by atoms with van der Waals surface area (Å²) >= 11 is 0. The quantitative estimate of drug-likeness (QED) is 0.685. The number of para-hydroxylation sites is 1. The summed E-state index contributed by atoms with van der Waals surface area (Å²) in [5.74, 6) is 0.968. The molecular formula is C19H28N6. The summed E-state index contributed by atoms with van der Waals surface area (Å²) in [5.41, 5.74) is 4.84. The van der Waals surface area contributed by atoms with Gasteiger partial charge in [-0.25, -0.2) is 0 Å². The molecule has 0 amide bonds. The number of hydrogen-bond acceptors (Lipinski definition) is 3. The van der Waals surface area contributed by atoms with Crippen LogP contribution in [-0.4, -0.2) is 53.9 Å². The molecule has 1 fully saturated rings. The predicted molar refractivity (Wildman–Crippen MR) is 103 cm³/mol. The van der Waals surface area contributed by atoms with Gasteiger partial charge in [0, 0.05) is 63.8 Å². The van der Waals surface area contributed by atoms with Crippen LogP contribution in [0.5, 0.6) is 0 Å². The summed E-state index contributed by atoms with van der Waals surface area (Å²) in [4.78, 5) is 9.24. The molecule has 25 heavy (non-hydrogen) atoms. The van der Waals surface area contributed by atoms with E-state index in [4.69, 9.17) is 0 Å². The molecule has 0 unspecified atom stereocenters. The number of aromatic nitrogens is 2. The zero-order chi connectivity index (χ0) is 17.8. The van der Waals surface area contributed by atoms with Crippen LogP contribution < -0.4 is 10.2 Å². The van der Waals surface area contributed by atoms with E-state index in [-0.39, 0.29) is 0 Å². The first-order valence-electron chi connectivity index (χ1n) is 8.85. The number of hydrogen-bond donors (Lipinski definition) is 1. The minimum absolute atomic E-state index is 0.761. The smallest absolute Gasteiger partial charge is 0.194 e. The van der Waals surface area contributed by atoms with Gasteiger partial charge in [-0.3, -0.25) is 9.67 Å². The lowest BCUT2D eigenvalue weighted by Gasteiger charge is -2.37. The number of nitrogens with zero attached hydrogens (tertiary/aromatic N) is 5. The third-order valence-corrected chi connectivity index (χ3v) is 4.99. The average molecular weight is 340 g/mol. The first kappa shape index (κ1) is 17.3. The molecule has 1 aliphatic heterocycles. The first-order chi connectivity index (χ1) is 12.1. The van der Waals surface area contributed by atoms with Crippen LogP contribution in [-0.2, 0) is 13.6 Å². The van der Waals surface area contributed by atoms with E-state index in [1.54, 1.807) is 0 Å². The Hall–Kier alpha value is -2.50. The van der Waals surface area contributed by atoms with Gasteiger partial charge in [0.1, 0.15) is 0 Å². The average Bonchev–Trinajstić information content (AvgIpc) is 2.89. The van der Waals surface area contributed by atoms with Crippen molar-refractivity contribution in [1.29, 1.82) is 0 Å². The minimum atomic E-state index is 0.761. The van der Waals surface area contributed by atoms with Crippen molar-refractivity contribution in [3.8, 4) is 0 Å². The number of nitrogens with one attached hydrogen (secondary N) is 1. The molecule has 6 heteroatoms. The van der Waals surface area contributed by atoms with Crippen molar-refractivity contribution in [2.24, 2.45) is 12.0 Å². The molecule has 2 heterocycles. The summed E-state index contributed by atoms with van der Waals surface area (Å²) in [6.07, 6.45) is 0. The fraction of sp³-hybridized carbons (Fsp3) is 0.474. The summed E-state index contributed by atoms with van der Waals surface area (Å²) in [6.45, 7) is 8.89. The number of guanidine groups is 1. The van der Waals surface area contributed by atoms with Gasteiger partial charge < -0.3 is 15.1 Å². The van der Waals surface area contributed by atoms with Crippen molar-refractivity contribution in [1.82, 2.24) is 20.0 Å². The van der Waals surface area contributed by atoms with Crippen molar-refractivity contribution < 1.29 is 0 Å². The number of anilines is 1. The topological polar surface area (TPSA) is 48.7 Å². The monoisotopic (exact) mass is 340 g/mol. The Morgan fingerprint density at radius 2 is 1.80 bits per heavy atom. The van der Waals surface area contributed by atoms with Crippen LogP contribution in [0.15, 0.2) is 35.3 Å². The number of benzene rings is 1. The fourth-order valence-corrected chi connectivity index (χ4v) is 3.39. The molecule has 2 aromatic rings. The molecule has 3 rings (SSSR count). The highest BCUT2D eigenvalue weighted by atomic mass is 15.3. The van der Waals surface area contributed by atoms with Crippen molar-refractivity contribution >= 4 is 11.6 Å². The van der Waals surface area contributed by atoms with Gasteiger partial charge in [0.15, 0.2) is 5.96 Å². The van der Waals surface area contributed by atoms with E-state index in [1.165, 1.54) is 16.9 Å². The van der Waals surface area contributed by atoms with E-state index >= 15 is 0 Å².